The first-order valence-electron chi connectivity index (χ1n) is 6.53. The largest absolute Gasteiger partial charge is 0.383 e. The summed E-state index contributed by atoms with van der Waals surface area (Å²) in [6, 6.07) is 0. The molecule has 0 aromatic carbocycles. The van der Waals surface area contributed by atoms with E-state index in [9.17, 15) is 13.8 Å². The Labute approximate surface area is 120 Å². The van der Waals surface area contributed by atoms with E-state index in [1.54, 1.807) is 6.26 Å². The average Bonchev–Trinajstić information content (AvgIpc) is 2.40. The van der Waals surface area contributed by atoms with Crippen molar-refractivity contribution >= 4 is 22.3 Å². The molecule has 0 fully saturated rings. The van der Waals surface area contributed by atoms with Crippen LogP contribution in [-0.4, -0.2) is 31.9 Å². The molecule has 0 saturated heterocycles. The van der Waals surface area contributed by atoms with Gasteiger partial charge in [-0.3, -0.25) is 18.1 Å². The summed E-state index contributed by atoms with van der Waals surface area (Å²) < 4.78 is 13.5. The maximum atomic E-state index is 12.0. The lowest BCUT2D eigenvalue weighted by molar-refractivity contribution is 0.575. The molecule has 20 heavy (non-hydrogen) atoms. The lowest BCUT2D eigenvalue weighted by Gasteiger charge is -2.15. The molecule has 0 saturated carbocycles. The van der Waals surface area contributed by atoms with Crippen molar-refractivity contribution in [3.8, 4) is 0 Å². The number of hydrogen-bond acceptors (Lipinski definition) is 5. The predicted octanol–water partition coefficient (Wildman–Crippen LogP) is -0.280. The van der Waals surface area contributed by atoms with Crippen LogP contribution in [0.4, 0.5) is 11.5 Å². The van der Waals surface area contributed by atoms with Crippen LogP contribution in [0.3, 0.4) is 0 Å². The van der Waals surface area contributed by atoms with Gasteiger partial charge in [-0.25, -0.2) is 4.79 Å². The zero-order chi connectivity index (χ0) is 15.3. The number of aromatic nitrogens is 2. The van der Waals surface area contributed by atoms with Gasteiger partial charge in [0.15, 0.2) is 0 Å². The quantitative estimate of drug-likeness (QED) is 0.721. The van der Waals surface area contributed by atoms with Crippen LogP contribution in [-0.2, 0) is 24.4 Å². The fourth-order valence-corrected chi connectivity index (χ4v) is 2.19. The van der Waals surface area contributed by atoms with Crippen molar-refractivity contribution in [2.45, 2.75) is 26.3 Å². The Morgan fingerprint density at radius 2 is 2.00 bits per heavy atom. The smallest absolute Gasteiger partial charge is 0.332 e. The van der Waals surface area contributed by atoms with Crippen molar-refractivity contribution in [1.82, 2.24) is 9.13 Å². The molecule has 0 aliphatic heterocycles. The molecule has 0 amide bonds. The normalized spacial score (nSPS) is 12.3. The van der Waals surface area contributed by atoms with E-state index in [2.05, 4.69) is 5.32 Å². The van der Waals surface area contributed by atoms with Crippen LogP contribution < -0.4 is 22.3 Å². The lowest BCUT2D eigenvalue weighted by Crippen LogP contribution is -2.41. The van der Waals surface area contributed by atoms with Gasteiger partial charge in [-0.15, -0.1) is 0 Å². The molecule has 0 radical (unpaired) electrons. The van der Waals surface area contributed by atoms with E-state index in [0.717, 1.165) is 17.4 Å². The van der Waals surface area contributed by atoms with Gasteiger partial charge in [0, 0.05) is 42.9 Å². The van der Waals surface area contributed by atoms with E-state index in [1.807, 2.05) is 6.92 Å². The molecule has 1 aromatic heterocycles. The highest BCUT2D eigenvalue weighted by atomic mass is 32.2. The minimum atomic E-state index is -0.953. The summed E-state index contributed by atoms with van der Waals surface area (Å²) >= 11 is 0. The van der Waals surface area contributed by atoms with E-state index in [-0.39, 0.29) is 11.5 Å². The van der Waals surface area contributed by atoms with Crippen molar-refractivity contribution in [2.24, 2.45) is 7.05 Å². The van der Waals surface area contributed by atoms with Crippen LogP contribution in [0.15, 0.2) is 9.59 Å². The molecule has 1 aromatic rings. The predicted molar refractivity (Wildman–Crippen MR) is 82.7 cm³/mol. The number of nitrogen functional groups attached to an aromatic ring is 1. The third-order valence-electron chi connectivity index (χ3n) is 3.01. The van der Waals surface area contributed by atoms with Gasteiger partial charge in [0.25, 0.3) is 5.56 Å². The Morgan fingerprint density at radius 3 is 2.55 bits per heavy atom. The number of anilines is 2. The van der Waals surface area contributed by atoms with Crippen molar-refractivity contribution in [2.75, 3.05) is 29.6 Å². The molecule has 1 heterocycles. The zero-order valence-electron chi connectivity index (χ0n) is 12.1. The zero-order valence-corrected chi connectivity index (χ0v) is 13.0. The van der Waals surface area contributed by atoms with Crippen molar-refractivity contribution in [3.63, 3.8) is 0 Å². The summed E-state index contributed by atoms with van der Waals surface area (Å²) in [6.07, 6.45) is 3.32. The van der Waals surface area contributed by atoms with Gasteiger partial charge in [0.2, 0.25) is 0 Å². The molecule has 3 N–H and O–H groups in total. The van der Waals surface area contributed by atoms with Crippen molar-refractivity contribution in [1.29, 1.82) is 0 Å². The first-order valence-corrected chi connectivity index (χ1v) is 8.26. The lowest BCUT2D eigenvalue weighted by atomic mass is 10.3. The molecule has 0 aliphatic carbocycles. The summed E-state index contributed by atoms with van der Waals surface area (Å²) in [5, 5.41) is 2.89. The Balaban J connectivity index is 3.16. The highest BCUT2D eigenvalue weighted by Gasteiger charge is 2.14. The van der Waals surface area contributed by atoms with E-state index >= 15 is 0 Å². The fourth-order valence-electron chi connectivity index (χ4n) is 1.80. The minimum absolute atomic E-state index is 0.147. The van der Waals surface area contributed by atoms with Gasteiger partial charge in [-0.1, -0.05) is 13.3 Å². The van der Waals surface area contributed by atoms with E-state index < -0.39 is 22.0 Å². The highest BCUT2D eigenvalue weighted by molar-refractivity contribution is 7.84. The maximum Gasteiger partial charge on any atom is 0.332 e. The summed E-state index contributed by atoms with van der Waals surface area (Å²) in [4.78, 5) is 24.1. The SMILES string of the molecule is CCCCn1c(N)c(NCCS(C)=O)c(=O)n(C)c1=O. The Morgan fingerprint density at radius 1 is 1.35 bits per heavy atom. The third-order valence-corrected chi connectivity index (χ3v) is 3.79. The van der Waals surface area contributed by atoms with E-state index in [4.69, 9.17) is 5.73 Å². The van der Waals surface area contributed by atoms with Crippen LogP contribution in [0.1, 0.15) is 19.8 Å². The second-order valence-electron chi connectivity index (χ2n) is 4.62. The number of nitrogens with one attached hydrogen (secondary N) is 1. The first-order chi connectivity index (χ1) is 9.40. The number of hydrogen-bond donors (Lipinski definition) is 2. The van der Waals surface area contributed by atoms with Crippen molar-refractivity contribution < 1.29 is 4.21 Å². The van der Waals surface area contributed by atoms with Crippen LogP contribution in [0.5, 0.6) is 0 Å². The Hall–Kier alpha value is -1.57. The van der Waals surface area contributed by atoms with E-state index in [0.29, 0.717) is 18.8 Å². The summed E-state index contributed by atoms with van der Waals surface area (Å²) in [5.41, 5.74) is 5.26. The van der Waals surface area contributed by atoms with Gasteiger partial charge in [0.05, 0.1) is 0 Å². The molecule has 8 heteroatoms. The molecular formula is C12H22N4O3S. The Kier molecular flexibility index (Phi) is 6.00. The number of nitrogens with zero attached hydrogens (tertiary/aromatic N) is 2. The molecule has 1 atom stereocenters. The molecule has 7 nitrogen and oxygen atoms in total. The second kappa shape index (κ2) is 7.28. The second-order valence-corrected chi connectivity index (χ2v) is 6.17. The molecule has 0 aliphatic rings. The number of unbranched alkanes of at least 4 members (excludes halogenated alkanes) is 1. The van der Waals surface area contributed by atoms with Crippen LogP contribution >= 0.6 is 0 Å². The average molecular weight is 302 g/mol. The van der Waals surface area contributed by atoms with Crippen LogP contribution in [0.25, 0.3) is 0 Å². The Bertz CT molecular complexity index is 606. The standard InChI is InChI=1S/C12H22N4O3S/c1-4-5-7-16-10(13)9(14-6-8-20(3)19)11(17)15(2)12(16)18/h14H,4-8,13H2,1-3H3. The van der Waals surface area contributed by atoms with Gasteiger partial charge < -0.3 is 11.1 Å². The molecule has 0 bridgehead atoms. The summed E-state index contributed by atoms with van der Waals surface area (Å²) in [6.45, 7) is 2.86. The highest BCUT2D eigenvalue weighted by Crippen LogP contribution is 2.11. The minimum Gasteiger partial charge on any atom is -0.383 e. The summed E-state index contributed by atoms with van der Waals surface area (Å²) in [5.74, 6) is 0.560. The topological polar surface area (TPSA) is 99.1 Å². The molecule has 114 valence electrons. The van der Waals surface area contributed by atoms with Crippen LogP contribution in [0.2, 0.25) is 0 Å². The number of rotatable bonds is 7. The van der Waals surface area contributed by atoms with Gasteiger partial charge in [-0.2, -0.15) is 0 Å². The van der Waals surface area contributed by atoms with Gasteiger partial charge >= 0.3 is 5.69 Å². The van der Waals surface area contributed by atoms with Gasteiger partial charge in [-0.05, 0) is 6.42 Å². The molecular weight excluding hydrogens is 280 g/mol. The molecule has 0 spiro atoms. The summed E-state index contributed by atoms with van der Waals surface area (Å²) in [7, 11) is 0.473. The monoisotopic (exact) mass is 302 g/mol. The molecule has 1 unspecified atom stereocenters. The maximum absolute atomic E-state index is 12.0. The van der Waals surface area contributed by atoms with E-state index in [1.165, 1.54) is 11.6 Å². The van der Waals surface area contributed by atoms with Gasteiger partial charge in [0.1, 0.15) is 11.5 Å². The fraction of sp³-hybridized carbons (Fsp3) is 0.667. The molecule has 1 rings (SSSR count). The third kappa shape index (κ3) is 3.72. The van der Waals surface area contributed by atoms with Crippen LogP contribution in [0, 0.1) is 0 Å². The van der Waals surface area contributed by atoms with Crippen molar-refractivity contribution in [3.05, 3.63) is 20.8 Å². The first kappa shape index (κ1) is 16.5. The number of nitrogens with two attached hydrogens (primary N) is 1.